The molecule has 0 fully saturated rings. The highest BCUT2D eigenvalue weighted by atomic mass is 16.6. The molecular formula is C56H108O6. The van der Waals surface area contributed by atoms with Gasteiger partial charge in [-0.2, -0.15) is 0 Å². The van der Waals surface area contributed by atoms with E-state index in [1.54, 1.807) is 0 Å². The summed E-state index contributed by atoms with van der Waals surface area (Å²) < 4.78 is 16.8. The molecule has 0 rings (SSSR count). The van der Waals surface area contributed by atoms with E-state index in [0.29, 0.717) is 19.3 Å². The molecule has 0 unspecified atom stereocenters. The van der Waals surface area contributed by atoms with Gasteiger partial charge in [-0.3, -0.25) is 14.4 Å². The van der Waals surface area contributed by atoms with Crippen molar-refractivity contribution < 1.29 is 28.6 Å². The fraction of sp³-hybridized carbons (Fsp3) is 0.946. The third-order valence-electron chi connectivity index (χ3n) is 12.8. The van der Waals surface area contributed by atoms with Crippen molar-refractivity contribution in [2.24, 2.45) is 5.92 Å². The zero-order valence-electron chi connectivity index (χ0n) is 42.3. The molecule has 0 aromatic rings. The first-order chi connectivity index (χ1) is 30.4. The number of carbonyl (C=O) groups is 3. The van der Waals surface area contributed by atoms with Crippen molar-refractivity contribution in [2.45, 2.75) is 323 Å². The lowest BCUT2D eigenvalue weighted by atomic mass is 10.0. The minimum atomic E-state index is -0.760. The highest BCUT2D eigenvalue weighted by molar-refractivity contribution is 5.71. The fourth-order valence-electron chi connectivity index (χ4n) is 8.57. The Kier molecular flexibility index (Phi) is 49.1. The average molecular weight is 877 g/mol. The van der Waals surface area contributed by atoms with Gasteiger partial charge in [-0.25, -0.2) is 0 Å². The van der Waals surface area contributed by atoms with E-state index in [-0.39, 0.29) is 31.1 Å². The number of rotatable bonds is 51. The van der Waals surface area contributed by atoms with Crippen LogP contribution in [0.3, 0.4) is 0 Å². The van der Waals surface area contributed by atoms with Crippen molar-refractivity contribution in [1.82, 2.24) is 0 Å². The maximum Gasteiger partial charge on any atom is 0.306 e. The molecule has 0 aromatic heterocycles. The molecule has 0 aliphatic rings. The van der Waals surface area contributed by atoms with Crippen molar-refractivity contribution in [3.8, 4) is 0 Å². The summed E-state index contributed by atoms with van der Waals surface area (Å²) in [4.78, 5) is 38.0. The van der Waals surface area contributed by atoms with Gasteiger partial charge >= 0.3 is 17.9 Å². The molecule has 0 saturated heterocycles. The summed E-state index contributed by atoms with van der Waals surface area (Å²) in [6.07, 6.45) is 53.8. The van der Waals surface area contributed by atoms with Gasteiger partial charge in [-0.1, -0.05) is 278 Å². The van der Waals surface area contributed by atoms with Crippen LogP contribution in [0.15, 0.2) is 0 Å². The first-order valence-electron chi connectivity index (χ1n) is 27.9. The molecule has 0 saturated carbocycles. The van der Waals surface area contributed by atoms with Crippen LogP contribution in [-0.4, -0.2) is 37.2 Å². The van der Waals surface area contributed by atoms with E-state index in [9.17, 15) is 14.4 Å². The highest BCUT2D eigenvalue weighted by Gasteiger charge is 2.19. The molecule has 0 radical (unpaired) electrons. The highest BCUT2D eigenvalue weighted by Crippen LogP contribution is 2.18. The Hall–Kier alpha value is -1.59. The van der Waals surface area contributed by atoms with E-state index < -0.39 is 6.10 Å². The third-order valence-corrected chi connectivity index (χ3v) is 12.8. The van der Waals surface area contributed by atoms with E-state index in [1.165, 1.54) is 212 Å². The van der Waals surface area contributed by atoms with Crippen molar-refractivity contribution >= 4 is 17.9 Å². The van der Waals surface area contributed by atoms with Gasteiger partial charge in [0, 0.05) is 19.3 Å². The number of hydrogen-bond donors (Lipinski definition) is 0. The molecule has 0 bridgehead atoms. The van der Waals surface area contributed by atoms with E-state index in [0.717, 1.165) is 63.7 Å². The molecule has 0 spiro atoms. The van der Waals surface area contributed by atoms with Crippen LogP contribution in [0.25, 0.3) is 0 Å². The monoisotopic (exact) mass is 877 g/mol. The number of hydrogen-bond acceptors (Lipinski definition) is 6. The van der Waals surface area contributed by atoms with Crippen LogP contribution < -0.4 is 0 Å². The first kappa shape index (κ1) is 60.4. The average Bonchev–Trinajstić information content (AvgIpc) is 3.26. The van der Waals surface area contributed by atoms with Crippen LogP contribution in [0.5, 0.6) is 0 Å². The zero-order valence-corrected chi connectivity index (χ0v) is 42.3. The van der Waals surface area contributed by atoms with Crippen LogP contribution >= 0.6 is 0 Å². The lowest BCUT2D eigenvalue weighted by molar-refractivity contribution is -0.167. The van der Waals surface area contributed by atoms with Crippen molar-refractivity contribution in [3.05, 3.63) is 0 Å². The summed E-state index contributed by atoms with van der Waals surface area (Å²) in [7, 11) is 0. The van der Waals surface area contributed by atoms with Gasteiger partial charge in [0.05, 0.1) is 0 Å². The lowest BCUT2D eigenvalue weighted by Crippen LogP contribution is -2.30. The maximum absolute atomic E-state index is 12.8. The summed E-state index contributed by atoms with van der Waals surface area (Å²) >= 11 is 0. The van der Waals surface area contributed by atoms with E-state index >= 15 is 0 Å². The normalized spacial score (nSPS) is 12.0. The Morgan fingerprint density at radius 1 is 0.306 bits per heavy atom. The predicted octanol–water partition coefficient (Wildman–Crippen LogP) is 18.2. The minimum absolute atomic E-state index is 0.0622. The van der Waals surface area contributed by atoms with Crippen LogP contribution in [0.4, 0.5) is 0 Å². The fourth-order valence-corrected chi connectivity index (χ4v) is 8.57. The van der Waals surface area contributed by atoms with Crippen molar-refractivity contribution in [3.63, 3.8) is 0 Å². The topological polar surface area (TPSA) is 78.9 Å². The van der Waals surface area contributed by atoms with Gasteiger partial charge < -0.3 is 14.2 Å². The van der Waals surface area contributed by atoms with E-state index in [4.69, 9.17) is 14.2 Å². The standard InChI is InChI=1S/C56H108O6/c1-5-7-9-11-13-15-17-18-19-22-25-28-32-35-39-43-47-54(57)60-50-53(62-56(59)49-45-41-37-31-16-14-12-10-8-6-2)51-61-55(58)48-44-40-36-33-29-26-23-20-21-24-27-30-34-38-42-46-52(3)4/h52-53H,5-51H2,1-4H3/t53-/m1/s1. The molecule has 368 valence electrons. The Morgan fingerprint density at radius 2 is 0.532 bits per heavy atom. The van der Waals surface area contributed by atoms with Crippen LogP contribution in [0.1, 0.15) is 317 Å². The SMILES string of the molecule is CCCCCCCCCCCCCCCCCCC(=O)OC[C@H](COC(=O)CCCCCCCCCCCCCCCCCC(C)C)OC(=O)CCCCCCCCCCCC. The Morgan fingerprint density at radius 3 is 0.790 bits per heavy atom. The summed E-state index contributed by atoms with van der Waals surface area (Å²) in [5.41, 5.74) is 0. The van der Waals surface area contributed by atoms with Gasteiger partial charge in [-0.15, -0.1) is 0 Å². The second-order valence-electron chi connectivity index (χ2n) is 19.7. The number of esters is 3. The van der Waals surface area contributed by atoms with Gasteiger partial charge in [0.1, 0.15) is 13.2 Å². The summed E-state index contributed by atoms with van der Waals surface area (Å²) in [5.74, 6) is 0.00928. The largest absolute Gasteiger partial charge is 0.462 e. The third kappa shape index (κ3) is 49.4. The molecule has 0 aliphatic carbocycles. The molecular weight excluding hydrogens is 769 g/mol. The molecule has 0 aromatic carbocycles. The van der Waals surface area contributed by atoms with Crippen LogP contribution in [0, 0.1) is 5.92 Å². The quantitative estimate of drug-likeness (QED) is 0.0344. The van der Waals surface area contributed by atoms with Gasteiger partial charge in [0.15, 0.2) is 6.10 Å². The number of carbonyl (C=O) groups excluding carboxylic acids is 3. The summed E-state index contributed by atoms with van der Waals surface area (Å²) in [6.45, 7) is 9.05. The molecule has 0 amide bonds. The van der Waals surface area contributed by atoms with E-state index in [1.807, 2.05) is 0 Å². The molecule has 0 aliphatic heterocycles. The molecule has 6 nitrogen and oxygen atoms in total. The maximum atomic E-state index is 12.8. The summed E-state index contributed by atoms with van der Waals surface area (Å²) in [5, 5.41) is 0. The van der Waals surface area contributed by atoms with Crippen molar-refractivity contribution in [2.75, 3.05) is 13.2 Å². The second-order valence-corrected chi connectivity index (χ2v) is 19.7. The second kappa shape index (κ2) is 50.4. The summed E-state index contributed by atoms with van der Waals surface area (Å²) in [6, 6.07) is 0. The molecule has 0 N–H and O–H groups in total. The smallest absolute Gasteiger partial charge is 0.306 e. The number of unbranched alkanes of at least 4 members (excludes halogenated alkanes) is 38. The van der Waals surface area contributed by atoms with Gasteiger partial charge in [0.2, 0.25) is 0 Å². The zero-order chi connectivity index (χ0) is 45.2. The van der Waals surface area contributed by atoms with Crippen molar-refractivity contribution in [1.29, 1.82) is 0 Å². The lowest BCUT2D eigenvalue weighted by Gasteiger charge is -2.18. The van der Waals surface area contributed by atoms with Gasteiger partial charge in [0.25, 0.3) is 0 Å². The van der Waals surface area contributed by atoms with Crippen LogP contribution in [0.2, 0.25) is 0 Å². The first-order valence-corrected chi connectivity index (χ1v) is 27.9. The molecule has 1 atom stereocenters. The molecule has 0 heterocycles. The number of ether oxygens (including phenoxy) is 3. The van der Waals surface area contributed by atoms with Crippen LogP contribution in [-0.2, 0) is 28.6 Å². The van der Waals surface area contributed by atoms with E-state index in [2.05, 4.69) is 27.7 Å². The molecule has 62 heavy (non-hydrogen) atoms. The molecule has 6 heteroatoms. The Labute approximate surface area is 387 Å². The minimum Gasteiger partial charge on any atom is -0.462 e. The van der Waals surface area contributed by atoms with Gasteiger partial charge in [-0.05, 0) is 25.2 Å². The predicted molar refractivity (Wildman–Crippen MR) is 266 cm³/mol. The Balaban J connectivity index is 4.22. The Bertz CT molecular complexity index is 933.